The largest absolute Gasteiger partial charge is 0.487 e. The van der Waals surface area contributed by atoms with Crippen molar-refractivity contribution in [2.75, 3.05) is 12.3 Å². The second-order valence-electron chi connectivity index (χ2n) is 2.28. The second-order valence-corrected chi connectivity index (χ2v) is 2.28. The van der Waals surface area contributed by atoms with Gasteiger partial charge in [-0.3, -0.25) is 0 Å². The number of halogens is 1. The third-order valence-corrected chi connectivity index (χ3v) is 1.33. The van der Waals surface area contributed by atoms with Gasteiger partial charge in [-0.1, -0.05) is 12.7 Å². The Morgan fingerprint density at radius 3 is 3.00 bits per heavy atom. The van der Waals surface area contributed by atoms with E-state index in [1.807, 2.05) is 0 Å². The first-order chi connectivity index (χ1) is 5.74. The molecule has 0 saturated heterocycles. The summed E-state index contributed by atoms with van der Waals surface area (Å²) < 4.78 is 17.7. The maximum absolute atomic E-state index is 12.6. The van der Waals surface area contributed by atoms with Crippen molar-refractivity contribution in [3.8, 4) is 5.75 Å². The van der Waals surface area contributed by atoms with Gasteiger partial charge in [-0.05, 0) is 12.1 Å². The Morgan fingerprint density at radius 1 is 1.58 bits per heavy atom. The Balaban J connectivity index is 2.82. The summed E-state index contributed by atoms with van der Waals surface area (Å²) in [6, 6.07) is 4.00. The van der Waals surface area contributed by atoms with Crippen molar-refractivity contribution in [2.45, 2.75) is 0 Å². The zero-order chi connectivity index (χ0) is 8.97. The van der Waals surface area contributed by atoms with Crippen LogP contribution in [-0.2, 0) is 0 Å². The van der Waals surface area contributed by atoms with E-state index in [0.29, 0.717) is 18.0 Å². The lowest BCUT2D eigenvalue weighted by Crippen LogP contribution is -1.97. The van der Waals surface area contributed by atoms with E-state index in [2.05, 4.69) is 6.58 Å². The standard InChI is InChI=1S/C9H10FNO/c1-2-5-12-9-6-7(10)3-4-8(9)11/h2-4,6H,1,5,11H2. The highest BCUT2D eigenvalue weighted by Crippen LogP contribution is 2.21. The highest BCUT2D eigenvalue weighted by atomic mass is 19.1. The van der Waals surface area contributed by atoms with Gasteiger partial charge in [0.05, 0.1) is 5.69 Å². The van der Waals surface area contributed by atoms with Crippen LogP contribution in [0.15, 0.2) is 30.9 Å². The van der Waals surface area contributed by atoms with Gasteiger partial charge in [0.25, 0.3) is 0 Å². The lowest BCUT2D eigenvalue weighted by Gasteiger charge is -2.05. The molecule has 12 heavy (non-hydrogen) atoms. The molecule has 0 aromatic heterocycles. The van der Waals surface area contributed by atoms with Crippen LogP contribution in [0.1, 0.15) is 0 Å². The molecule has 0 aliphatic heterocycles. The molecule has 0 aliphatic carbocycles. The molecule has 0 fully saturated rings. The molecule has 0 atom stereocenters. The Bertz CT molecular complexity index is 286. The minimum Gasteiger partial charge on any atom is -0.487 e. The van der Waals surface area contributed by atoms with Gasteiger partial charge in [-0.15, -0.1) is 0 Å². The third-order valence-electron chi connectivity index (χ3n) is 1.33. The van der Waals surface area contributed by atoms with E-state index in [0.717, 1.165) is 0 Å². The number of ether oxygens (including phenoxy) is 1. The smallest absolute Gasteiger partial charge is 0.145 e. The van der Waals surface area contributed by atoms with Gasteiger partial charge in [0, 0.05) is 6.07 Å². The van der Waals surface area contributed by atoms with Gasteiger partial charge < -0.3 is 10.5 Å². The highest BCUT2D eigenvalue weighted by Gasteiger charge is 2.00. The van der Waals surface area contributed by atoms with Gasteiger partial charge in [0.1, 0.15) is 18.2 Å². The summed E-state index contributed by atoms with van der Waals surface area (Å²) >= 11 is 0. The molecule has 0 saturated carbocycles. The predicted octanol–water partition coefficient (Wildman–Crippen LogP) is 1.97. The molecule has 1 rings (SSSR count). The number of benzene rings is 1. The maximum atomic E-state index is 12.6. The molecule has 0 unspecified atom stereocenters. The van der Waals surface area contributed by atoms with Crippen molar-refractivity contribution in [1.29, 1.82) is 0 Å². The first-order valence-electron chi connectivity index (χ1n) is 3.52. The minimum absolute atomic E-state index is 0.327. The van der Waals surface area contributed by atoms with Crippen molar-refractivity contribution in [2.24, 2.45) is 0 Å². The first-order valence-corrected chi connectivity index (χ1v) is 3.52. The van der Waals surface area contributed by atoms with Crippen LogP contribution in [0, 0.1) is 5.82 Å². The van der Waals surface area contributed by atoms with E-state index in [1.54, 1.807) is 6.08 Å². The van der Waals surface area contributed by atoms with Gasteiger partial charge >= 0.3 is 0 Å². The summed E-state index contributed by atoms with van der Waals surface area (Å²) in [5, 5.41) is 0. The number of nitrogen functional groups attached to an aromatic ring is 1. The van der Waals surface area contributed by atoms with Gasteiger partial charge in [-0.2, -0.15) is 0 Å². The zero-order valence-electron chi connectivity index (χ0n) is 6.59. The lowest BCUT2D eigenvalue weighted by atomic mass is 10.3. The summed E-state index contributed by atoms with van der Waals surface area (Å²) in [6.45, 7) is 3.80. The van der Waals surface area contributed by atoms with E-state index < -0.39 is 0 Å². The van der Waals surface area contributed by atoms with Crippen LogP contribution in [0.3, 0.4) is 0 Å². The fraction of sp³-hybridized carbons (Fsp3) is 0.111. The SMILES string of the molecule is C=CCOc1cc(F)ccc1N. The van der Waals surface area contributed by atoms with Crippen LogP contribution in [0.25, 0.3) is 0 Å². The van der Waals surface area contributed by atoms with E-state index >= 15 is 0 Å². The molecule has 1 aromatic rings. The van der Waals surface area contributed by atoms with Gasteiger partial charge in [0.15, 0.2) is 0 Å². The predicted molar refractivity (Wildman–Crippen MR) is 46.5 cm³/mol. The van der Waals surface area contributed by atoms with Crippen LogP contribution in [0.5, 0.6) is 5.75 Å². The molecule has 0 radical (unpaired) electrons. The summed E-state index contributed by atoms with van der Waals surface area (Å²) in [6.07, 6.45) is 1.57. The quantitative estimate of drug-likeness (QED) is 0.551. The fourth-order valence-electron chi connectivity index (χ4n) is 0.782. The van der Waals surface area contributed by atoms with E-state index in [1.165, 1.54) is 18.2 Å². The lowest BCUT2D eigenvalue weighted by molar-refractivity contribution is 0.363. The van der Waals surface area contributed by atoms with Crippen molar-refractivity contribution >= 4 is 5.69 Å². The number of hydrogen-bond acceptors (Lipinski definition) is 2. The summed E-state index contributed by atoms with van der Waals surface area (Å²) in [5.74, 6) is -0.00170. The number of rotatable bonds is 3. The monoisotopic (exact) mass is 167 g/mol. The van der Waals surface area contributed by atoms with Gasteiger partial charge in [-0.25, -0.2) is 4.39 Å². The average Bonchev–Trinajstić information content (AvgIpc) is 2.07. The molecule has 0 heterocycles. The molecule has 2 nitrogen and oxygen atoms in total. The molecular weight excluding hydrogens is 157 g/mol. The molecule has 3 heteroatoms. The van der Waals surface area contributed by atoms with Gasteiger partial charge in [0.2, 0.25) is 0 Å². The number of hydrogen-bond donors (Lipinski definition) is 1. The zero-order valence-corrected chi connectivity index (χ0v) is 6.59. The topological polar surface area (TPSA) is 35.2 Å². The molecule has 0 amide bonds. The molecular formula is C9H10FNO. The summed E-state index contributed by atoms with van der Waals surface area (Å²) in [7, 11) is 0. The summed E-state index contributed by atoms with van der Waals surface area (Å²) in [4.78, 5) is 0. The molecule has 1 aromatic carbocycles. The molecule has 0 spiro atoms. The van der Waals surface area contributed by atoms with Crippen molar-refractivity contribution in [1.82, 2.24) is 0 Å². The van der Waals surface area contributed by atoms with Crippen LogP contribution in [0.2, 0.25) is 0 Å². The Morgan fingerprint density at radius 2 is 2.33 bits per heavy atom. The third kappa shape index (κ3) is 1.99. The van der Waals surface area contributed by atoms with Crippen molar-refractivity contribution in [3.05, 3.63) is 36.7 Å². The highest BCUT2D eigenvalue weighted by molar-refractivity contribution is 5.52. The molecule has 2 N–H and O–H groups in total. The normalized spacial score (nSPS) is 9.42. The Kier molecular flexibility index (Phi) is 2.69. The van der Waals surface area contributed by atoms with Crippen molar-refractivity contribution < 1.29 is 9.13 Å². The average molecular weight is 167 g/mol. The minimum atomic E-state index is -0.358. The van der Waals surface area contributed by atoms with E-state index in [9.17, 15) is 4.39 Å². The van der Waals surface area contributed by atoms with E-state index in [-0.39, 0.29) is 5.82 Å². The molecule has 64 valence electrons. The van der Waals surface area contributed by atoms with Crippen LogP contribution < -0.4 is 10.5 Å². The van der Waals surface area contributed by atoms with Crippen LogP contribution in [-0.4, -0.2) is 6.61 Å². The number of anilines is 1. The van der Waals surface area contributed by atoms with Crippen LogP contribution >= 0.6 is 0 Å². The Hall–Kier alpha value is -1.51. The maximum Gasteiger partial charge on any atom is 0.145 e. The van der Waals surface area contributed by atoms with Crippen molar-refractivity contribution in [3.63, 3.8) is 0 Å². The Labute approximate surface area is 70.5 Å². The summed E-state index contributed by atoms with van der Waals surface area (Å²) in [5.41, 5.74) is 5.93. The van der Waals surface area contributed by atoms with E-state index in [4.69, 9.17) is 10.5 Å². The van der Waals surface area contributed by atoms with Crippen LogP contribution in [0.4, 0.5) is 10.1 Å². The fourth-order valence-corrected chi connectivity index (χ4v) is 0.782. The molecule has 0 bridgehead atoms. The molecule has 0 aliphatic rings. The second kappa shape index (κ2) is 3.76. The first kappa shape index (κ1) is 8.59. The number of nitrogens with two attached hydrogens (primary N) is 1.